The van der Waals surface area contributed by atoms with Gasteiger partial charge in [-0.05, 0) is 81.0 Å². The number of carbonyl (C=O) groups excluding carboxylic acids is 1. The summed E-state index contributed by atoms with van der Waals surface area (Å²) in [5.74, 6) is 0.511. The first-order valence-electron chi connectivity index (χ1n) is 9.77. The van der Waals surface area contributed by atoms with Crippen LogP contribution in [0.3, 0.4) is 0 Å². The first-order chi connectivity index (χ1) is 13.6. The molecule has 5 nitrogen and oxygen atoms in total. The zero-order chi connectivity index (χ0) is 20.4. The number of hydrogen-bond acceptors (Lipinski definition) is 4. The van der Waals surface area contributed by atoms with Crippen molar-refractivity contribution >= 4 is 34.6 Å². The summed E-state index contributed by atoms with van der Waals surface area (Å²) in [5, 5.41) is 6.02. The molecule has 0 aliphatic rings. The average Bonchev–Trinajstić information content (AvgIpc) is 2.71. The molecule has 0 saturated carbocycles. The highest BCUT2D eigenvalue weighted by molar-refractivity contribution is 7.80. The van der Waals surface area contributed by atoms with Crippen LogP contribution in [0.25, 0.3) is 0 Å². The Hall–Kier alpha value is -2.60. The maximum Gasteiger partial charge on any atom is 0.257 e. The van der Waals surface area contributed by atoms with E-state index in [-0.39, 0.29) is 11.0 Å². The lowest BCUT2D eigenvalue weighted by atomic mass is 10.2. The van der Waals surface area contributed by atoms with Crippen molar-refractivity contribution in [3.05, 3.63) is 54.1 Å². The molecule has 0 bridgehead atoms. The summed E-state index contributed by atoms with van der Waals surface area (Å²) in [4.78, 5) is 14.6. The van der Waals surface area contributed by atoms with Crippen LogP contribution in [0, 0.1) is 0 Å². The number of nitrogens with one attached hydrogen (secondary N) is 2. The predicted octanol–water partition coefficient (Wildman–Crippen LogP) is 4.84. The van der Waals surface area contributed by atoms with Crippen LogP contribution in [0.5, 0.6) is 5.75 Å². The molecular formula is C22H29N3O2S. The maximum atomic E-state index is 12.4. The first-order valence-corrected chi connectivity index (χ1v) is 10.2. The van der Waals surface area contributed by atoms with E-state index in [4.69, 9.17) is 17.0 Å². The Morgan fingerprint density at radius 3 is 2.21 bits per heavy atom. The third-order valence-electron chi connectivity index (χ3n) is 4.36. The summed E-state index contributed by atoms with van der Waals surface area (Å²) in [6, 6.07) is 15.0. The lowest BCUT2D eigenvalue weighted by Gasteiger charge is -2.21. The summed E-state index contributed by atoms with van der Waals surface area (Å²) < 4.78 is 5.61. The zero-order valence-corrected chi connectivity index (χ0v) is 17.6. The summed E-state index contributed by atoms with van der Waals surface area (Å²) in [7, 11) is 0. The van der Waals surface area contributed by atoms with Crippen molar-refractivity contribution in [1.29, 1.82) is 0 Å². The van der Waals surface area contributed by atoms with Gasteiger partial charge in [0.15, 0.2) is 5.11 Å². The molecule has 6 heteroatoms. The fraction of sp³-hybridized carbons (Fsp3) is 0.364. The van der Waals surface area contributed by atoms with Gasteiger partial charge < -0.3 is 15.0 Å². The molecule has 2 N–H and O–H groups in total. The molecule has 0 radical (unpaired) electrons. The molecule has 0 atom stereocenters. The molecule has 0 aromatic heterocycles. The molecule has 0 aliphatic heterocycles. The van der Waals surface area contributed by atoms with Crippen LogP contribution in [0.15, 0.2) is 48.5 Å². The Labute approximate surface area is 173 Å². The third-order valence-corrected chi connectivity index (χ3v) is 4.57. The highest BCUT2D eigenvalue weighted by Gasteiger charge is 2.09. The van der Waals surface area contributed by atoms with Gasteiger partial charge in [-0.25, -0.2) is 0 Å². The largest absolute Gasteiger partial charge is 0.494 e. The topological polar surface area (TPSA) is 53.6 Å². The summed E-state index contributed by atoms with van der Waals surface area (Å²) in [6.45, 7) is 8.98. The van der Waals surface area contributed by atoms with Crippen molar-refractivity contribution in [3.63, 3.8) is 0 Å². The van der Waals surface area contributed by atoms with Gasteiger partial charge in [-0.2, -0.15) is 0 Å². The van der Waals surface area contributed by atoms with Crippen molar-refractivity contribution in [2.75, 3.05) is 29.9 Å². The summed E-state index contributed by atoms with van der Waals surface area (Å²) in [5.41, 5.74) is 2.52. The van der Waals surface area contributed by atoms with Gasteiger partial charge in [0, 0.05) is 30.0 Å². The molecule has 2 aromatic rings. The van der Waals surface area contributed by atoms with Crippen molar-refractivity contribution in [2.24, 2.45) is 0 Å². The van der Waals surface area contributed by atoms with Gasteiger partial charge >= 0.3 is 0 Å². The van der Waals surface area contributed by atoms with Gasteiger partial charge in [-0.15, -0.1) is 0 Å². The van der Waals surface area contributed by atoms with Crippen LogP contribution in [0.1, 0.15) is 44.0 Å². The SMILES string of the molecule is CCCCOc1ccc(C(=O)NC(=S)Nc2ccc(N(CC)CC)cc2)cc1. The lowest BCUT2D eigenvalue weighted by Crippen LogP contribution is -2.34. The molecule has 0 aliphatic carbocycles. The number of thiocarbonyl (C=S) groups is 1. The molecule has 0 unspecified atom stereocenters. The second-order valence-corrected chi connectivity index (χ2v) is 6.76. The van der Waals surface area contributed by atoms with Crippen molar-refractivity contribution in [2.45, 2.75) is 33.6 Å². The summed E-state index contributed by atoms with van der Waals surface area (Å²) in [6.07, 6.45) is 2.10. The number of anilines is 2. The minimum atomic E-state index is -0.252. The quantitative estimate of drug-likeness (QED) is 0.467. The van der Waals surface area contributed by atoms with Gasteiger partial charge in [0.1, 0.15) is 5.75 Å². The Balaban J connectivity index is 1.87. The molecule has 0 spiro atoms. The van der Waals surface area contributed by atoms with E-state index in [1.807, 2.05) is 24.3 Å². The maximum absolute atomic E-state index is 12.4. The number of hydrogen-bond donors (Lipinski definition) is 2. The van der Waals surface area contributed by atoms with Gasteiger partial charge in [0.05, 0.1) is 6.61 Å². The minimum absolute atomic E-state index is 0.252. The number of benzene rings is 2. The number of unbranched alkanes of at least 4 members (excludes halogenated alkanes) is 1. The van der Waals surface area contributed by atoms with Crippen molar-refractivity contribution in [1.82, 2.24) is 5.32 Å². The lowest BCUT2D eigenvalue weighted by molar-refractivity contribution is 0.0977. The number of amides is 1. The highest BCUT2D eigenvalue weighted by atomic mass is 32.1. The van der Waals surface area contributed by atoms with Gasteiger partial charge in [0.25, 0.3) is 5.91 Å². The summed E-state index contributed by atoms with van der Waals surface area (Å²) >= 11 is 5.26. The van der Waals surface area contributed by atoms with E-state index in [1.165, 1.54) is 0 Å². The fourth-order valence-corrected chi connectivity index (χ4v) is 2.93. The van der Waals surface area contributed by atoms with E-state index in [9.17, 15) is 4.79 Å². The molecule has 28 heavy (non-hydrogen) atoms. The second kappa shape index (κ2) is 11.3. The van der Waals surface area contributed by atoms with E-state index in [2.05, 4.69) is 36.3 Å². The van der Waals surface area contributed by atoms with Crippen LogP contribution in [-0.4, -0.2) is 30.7 Å². The molecule has 150 valence electrons. The number of nitrogens with zero attached hydrogens (tertiary/aromatic N) is 1. The molecule has 0 heterocycles. The Morgan fingerprint density at radius 1 is 1.00 bits per heavy atom. The molecule has 1 amide bonds. The van der Waals surface area contributed by atoms with Gasteiger partial charge in [-0.3, -0.25) is 10.1 Å². The van der Waals surface area contributed by atoms with Crippen LogP contribution in [0.4, 0.5) is 11.4 Å². The zero-order valence-electron chi connectivity index (χ0n) is 16.8. The normalized spacial score (nSPS) is 10.2. The van der Waals surface area contributed by atoms with E-state index in [0.717, 1.165) is 43.1 Å². The number of ether oxygens (including phenoxy) is 1. The monoisotopic (exact) mass is 399 g/mol. The van der Waals surface area contributed by atoms with Gasteiger partial charge in [-0.1, -0.05) is 13.3 Å². The van der Waals surface area contributed by atoms with Crippen molar-refractivity contribution in [3.8, 4) is 5.75 Å². The number of carbonyl (C=O) groups is 1. The van der Waals surface area contributed by atoms with Crippen LogP contribution >= 0.6 is 12.2 Å². The standard InChI is InChI=1S/C22H29N3O2S/c1-4-7-16-27-20-14-8-17(9-15-20)21(26)24-22(28)23-18-10-12-19(13-11-18)25(5-2)6-3/h8-15H,4-7,16H2,1-3H3,(H2,23,24,26,28). The predicted molar refractivity (Wildman–Crippen MR) is 121 cm³/mol. The van der Waals surface area contributed by atoms with E-state index < -0.39 is 0 Å². The molecule has 2 aromatic carbocycles. The van der Waals surface area contributed by atoms with Crippen LogP contribution in [0.2, 0.25) is 0 Å². The van der Waals surface area contributed by atoms with E-state index in [1.54, 1.807) is 24.3 Å². The van der Waals surface area contributed by atoms with Crippen LogP contribution in [-0.2, 0) is 0 Å². The Kier molecular flexibility index (Phi) is 8.75. The molecule has 2 rings (SSSR count). The van der Waals surface area contributed by atoms with Crippen LogP contribution < -0.4 is 20.3 Å². The number of rotatable bonds is 9. The molecule has 0 saturated heterocycles. The minimum Gasteiger partial charge on any atom is -0.494 e. The molecule has 0 fully saturated rings. The third kappa shape index (κ3) is 6.53. The Morgan fingerprint density at radius 2 is 1.64 bits per heavy atom. The van der Waals surface area contributed by atoms with E-state index >= 15 is 0 Å². The highest BCUT2D eigenvalue weighted by Crippen LogP contribution is 2.18. The smallest absolute Gasteiger partial charge is 0.257 e. The first kappa shape index (κ1) is 21.7. The van der Waals surface area contributed by atoms with Gasteiger partial charge in [0.2, 0.25) is 0 Å². The Bertz CT molecular complexity index is 756. The fourth-order valence-electron chi connectivity index (χ4n) is 2.72. The average molecular weight is 400 g/mol. The second-order valence-electron chi connectivity index (χ2n) is 6.35. The van der Waals surface area contributed by atoms with E-state index in [0.29, 0.717) is 12.2 Å². The van der Waals surface area contributed by atoms with Crippen molar-refractivity contribution < 1.29 is 9.53 Å². The molecular weight excluding hydrogens is 370 g/mol.